The minimum Gasteiger partial charge on any atom is -0.464 e. The normalized spacial score (nSPS) is 15.5. The Morgan fingerprint density at radius 1 is 1.52 bits per heavy atom. The smallest absolute Gasteiger partial charge is 0.331 e. The summed E-state index contributed by atoms with van der Waals surface area (Å²) in [6.45, 7) is 2.06. The van der Waals surface area contributed by atoms with Crippen LogP contribution in [0.4, 0.5) is 4.39 Å². The van der Waals surface area contributed by atoms with Crippen molar-refractivity contribution in [3.05, 3.63) is 34.0 Å². The predicted molar refractivity (Wildman–Crippen MR) is 72.5 cm³/mol. The molecule has 0 spiro atoms. The van der Waals surface area contributed by atoms with E-state index in [1.54, 1.807) is 0 Å². The standard InChI is InChI=1S/C14H17FN2O4/c1-2-5-21-14(20)11(17-9-3-4-9)12(18)8-6-10(15)13(19)16-7-8/h6-7,9,11,17H,2-5H2,1H3,(H,16,19). The fourth-order valence-electron chi connectivity index (χ4n) is 1.79. The molecule has 1 heterocycles. The number of ether oxygens (including phenoxy) is 1. The second-order valence-electron chi connectivity index (χ2n) is 4.97. The van der Waals surface area contributed by atoms with Crippen LogP contribution in [0.25, 0.3) is 0 Å². The third kappa shape index (κ3) is 3.98. The SMILES string of the molecule is CCCOC(=O)C(NC1CC1)C(=O)c1c[nH]c(=O)c(F)c1. The van der Waals surface area contributed by atoms with Gasteiger partial charge < -0.3 is 9.72 Å². The van der Waals surface area contributed by atoms with Crippen molar-refractivity contribution in [3.8, 4) is 0 Å². The van der Waals surface area contributed by atoms with Gasteiger partial charge in [0.1, 0.15) is 0 Å². The van der Waals surface area contributed by atoms with Crippen molar-refractivity contribution in [2.45, 2.75) is 38.3 Å². The summed E-state index contributed by atoms with van der Waals surface area (Å²) in [4.78, 5) is 37.4. The van der Waals surface area contributed by atoms with E-state index in [-0.39, 0.29) is 18.2 Å². The van der Waals surface area contributed by atoms with Gasteiger partial charge in [-0.3, -0.25) is 14.9 Å². The van der Waals surface area contributed by atoms with Gasteiger partial charge in [-0.2, -0.15) is 0 Å². The van der Waals surface area contributed by atoms with Crippen LogP contribution in [0.5, 0.6) is 0 Å². The van der Waals surface area contributed by atoms with Gasteiger partial charge in [0, 0.05) is 17.8 Å². The second-order valence-corrected chi connectivity index (χ2v) is 4.97. The molecule has 0 saturated heterocycles. The van der Waals surface area contributed by atoms with E-state index < -0.39 is 29.2 Å². The van der Waals surface area contributed by atoms with Crippen LogP contribution >= 0.6 is 0 Å². The number of aromatic nitrogens is 1. The first-order valence-electron chi connectivity index (χ1n) is 6.88. The largest absolute Gasteiger partial charge is 0.464 e. The summed E-state index contributed by atoms with van der Waals surface area (Å²) < 4.78 is 18.2. The van der Waals surface area contributed by atoms with E-state index in [0.29, 0.717) is 6.42 Å². The first kappa shape index (κ1) is 15.4. The Balaban J connectivity index is 2.17. The number of esters is 1. The van der Waals surface area contributed by atoms with Crippen LogP contribution < -0.4 is 10.9 Å². The lowest BCUT2D eigenvalue weighted by atomic mass is 10.1. The van der Waals surface area contributed by atoms with E-state index in [2.05, 4.69) is 10.3 Å². The third-order valence-corrected chi connectivity index (χ3v) is 3.07. The molecule has 7 heteroatoms. The lowest BCUT2D eigenvalue weighted by Gasteiger charge is -2.16. The number of carbonyl (C=O) groups excluding carboxylic acids is 2. The fraction of sp³-hybridized carbons (Fsp3) is 0.500. The van der Waals surface area contributed by atoms with Gasteiger partial charge >= 0.3 is 5.97 Å². The molecule has 1 saturated carbocycles. The molecule has 114 valence electrons. The Labute approximate surface area is 120 Å². The number of halogens is 1. The monoisotopic (exact) mass is 296 g/mol. The highest BCUT2D eigenvalue weighted by Crippen LogP contribution is 2.20. The highest BCUT2D eigenvalue weighted by molar-refractivity contribution is 6.12. The van der Waals surface area contributed by atoms with E-state index in [9.17, 15) is 18.8 Å². The number of ketones is 1. The quantitative estimate of drug-likeness (QED) is 0.441. The number of aromatic amines is 1. The predicted octanol–water partition coefficient (Wildman–Crippen LogP) is 0.770. The highest BCUT2D eigenvalue weighted by Gasteiger charge is 2.35. The van der Waals surface area contributed by atoms with Crippen LogP contribution in [0, 0.1) is 5.82 Å². The van der Waals surface area contributed by atoms with Crippen LogP contribution in [0.2, 0.25) is 0 Å². The Bertz CT molecular complexity index is 595. The average Bonchev–Trinajstić information content (AvgIpc) is 3.28. The minimum atomic E-state index is -1.17. The van der Waals surface area contributed by atoms with Gasteiger partial charge in [-0.15, -0.1) is 0 Å². The molecule has 0 aliphatic heterocycles. The molecule has 21 heavy (non-hydrogen) atoms. The van der Waals surface area contributed by atoms with E-state index in [1.165, 1.54) is 0 Å². The molecule has 1 aromatic heterocycles. The van der Waals surface area contributed by atoms with E-state index in [0.717, 1.165) is 25.1 Å². The zero-order valence-corrected chi connectivity index (χ0v) is 11.6. The summed E-state index contributed by atoms with van der Waals surface area (Å²) in [6, 6.07) is -0.245. The van der Waals surface area contributed by atoms with Gasteiger partial charge in [0.25, 0.3) is 5.56 Å². The Morgan fingerprint density at radius 3 is 2.81 bits per heavy atom. The summed E-state index contributed by atoms with van der Waals surface area (Å²) in [5.74, 6) is -2.36. The molecule has 6 nitrogen and oxygen atoms in total. The van der Waals surface area contributed by atoms with Crippen LogP contribution in [0.15, 0.2) is 17.1 Å². The molecular formula is C14H17FN2O4. The first-order valence-corrected chi connectivity index (χ1v) is 6.88. The second kappa shape index (κ2) is 6.62. The van der Waals surface area contributed by atoms with Crippen molar-refractivity contribution in [1.82, 2.24) is 10.3 Å². The van der Waals surface area contributed by atoms with Gasteiger partial charge in [0.2, 0.25) is 0 Å². The number of hydrogen-bond donors (Lipinski definition) is 2. The number of pyridine rings is 1. The van der Waals surface area contributed by atoms with Gasteiger partial charge in [-0.05, 0) is 25.3 Å². The highest BCUT2D eigenvalue weighted by atomic mass is 19.1. The molecule has 0 bridgehead atoms. The first-order chi connectivity index (χ1) is 10.0. The molecule has 1 unspecified atom stereocenters. The molecule has 1 aliphatic carbocycles. The molecule has 1 aliphatic rings. The van der Waals surface area contributed by atoms with E-state index in [1.807, 2.05) is 6.92 Å². The minimum absolute atomic E-state index is 0.0706. The lowest BCUT2D eigenvalue weighted by molar-refractivity contribution is -0.144. The van der Waals surface area contributed by atoms with E-state index >= 15 is 0 Å². The van der Waals surface area contributed by atoms with Crippen LogP contribution in [-0.4, -0.2) is 35.4 Å². The molecule has 0 aromatic carbocycles. The zero-order chi connectivity index (χ0) is 15.4. The van der Waals surface area contributed by atoms with Crippen molar-refractivity contribution < 1.29 is 18.7 Å². The van der Waals surface area contributed by atoms with E-state index in [4.69, 9.17) is 4.74 Å². The van der Waals surface area contributed by atoms with Crippen molar-refractivity contribution >= 4 is 11.8 Å². The maximum absolute atomic E-state index is 13.2. The van der Waals surface area contributed by atoms with Gasteiger partial charge in [-0.1, -0.05) is 6.92 Å². The summed E-state index contributed by atoms with van der Waals surface area (Å²) in [5, 5.41) is 2.89. The number of carbonyl (C=O) groups is 2. The van der Waals surface area contributed by atoms with Crippen molar-refractivity contribution in [2.24, 2.45) is 0 Å². The molecule has 2 rings (SSSR count). The van der Waals surface area contributed by atoms with Crippen molar-refractivity contribution in [2.75, 3.05) is 6.61 Å². The summed E-state index contributed by atoms with van der Waals surface area (Å²) in [7, 11) is 0. The number of rotatable bonds is 7. The van der Waals surface area contributed by atoms with Crippen LogP contribution in [0.3, 0.4) is 0 Å². The molecule has 0 amide bonds. The molecule has 1 fully saturated rings. The molecule has 1 atom stereocenters. The Morgan fingerprint density at radius 2 is 2.24 bits per heavy atom. The number of Topliss-reactive ketones (excluding diaryl/α,β-unsaturated/α-hetero) is 1. The van der Waals surface area contributed by atoms with Crippen molar-refractivity contribution in [1.29, 1.82) is 0 Å². The number of H-pyrrole nitrogens is 1. The van der Waals surface area contributed by atoms with Gasteiger partial charge in [-0.25, -0.2) is 9.18 Å². The third-order valence-electron chi connectivity index (χ3n) is 3.07. The lowest BCUT2D eigenvalue weighted by Crippen LogP contribution is -2.46. The summed E-state index contributed by atoms with van der Waals surface area (Å²) in [5.41, 5.74) is -0.981. The molecular weight excluding hydrogens is 279 g/mol. The van der Waals surface area contributed by atoms with Gasteiger partial charge in [0.15, 0.2) is 17.6 Å². The van der Waals surface area contributed by atoms with Gasteiger partial charge in [0.05, 0.1) is 6.61 Å². The van der Waals surface area contributed by atoms with Crippen LogP contribution in [-0.2, 0) is 9.53 Å². The molecule has 2 N–H and O–H groups in total. The fourth-order valence-corrected chi connectivity index (χ4v) is 1.79. The Hall–Kier alpha value is -2.02. The van der Waals surface area contributed by atoms with Crippen LogP contribution in [0.1, 0.15) is 36.5 Å². The average molecular weight is 296 g/mol. The topological polar surface area (TPSA) is 88.3 Å². The maximum Gasteiger partial charge on any atom is 0.331 e. The number of nitrogens with one attached hydrogen (secondary N) is 2. The van der Waals surface area contributed by atoms with Crippen molar-refractivity contribution in [3.63, 3.8) is 0 Å². The zero-order valence-electron chi connectivity index (χ0n) is 11.6. The number of hydrogen-bond acceptors (Lipinski definition) is 5. The summed E-state index contributed by atoms with van der Waals surface area (Å²) in [6.07, 6.45) is 3.50. The summed E-state index contributed by atoms with van der Waals surface area (Å²) >= 11 is 0. The molecule has 0 radical (unpaired) electrons. The molecule has 1 aromatic rings. The Kier molecular flexibility index (Phi) is 4.85. The maximum atomic E-state index is 13.2.